The van der Waals surface area contributed by atoms with E-state index >= 15 is 0 Å². The summed E-state index contributed by atoms with van der Waals surface area (Å²) in [4.78, 5) is 11.7. The lowest BCUT2D eigenvalue weighted by atomic mass is 10.2. The van der Waals surface area contributed by atoms with E-state index in [-0.39, 0.29) is 47.6 Å². The monoisotopic (exact) mass is 390 g/mol. The molecule has 1 aromatic carbocycles. The van der Waals surface area contributed by atoms with Gasteiger partial charge in [-0.1, -0.05) is 13.8 Å². The highest BCUT2D eigenvalue weighted by atomic mass is 32.2. The van der Waals surface area contributed by atoms with Crippen molar-refractivity contribution in [1.29, 1.82) is 0 Å². The zero-order chi connectivity index (χ0) is 18.8. The molecule has 140 valence electrons. The van der Waals surface area contributed by atoms with Crippen molar-refractivity contribution < 1.29 is 26.4 Å². The van der Waals surface area contributed by atoms with Crippen LogP contribution in [0.25, 0.3) is 0 Å². The Hall–Kier alpha value is -1.65. The maximum atomic E-state index is 12.6. The van der Waals surface area contributed by atoms with Gasteiger partial charge < -0.3 is 4.74 Å². The van der Waals surface area contributed by atoms with Gasteiger partial charge in [0, 0.05) is 13.0 Å². The van der Waals surface area contributed by atoms with Crippen LogP contribution < -0.4 is 13.8 Å². The zero-order valence-corrected chi connectivity index (χ0v) is 16.0. The molecule has 1 aromatic rings. The Balaban J connectivity index is 2.52. The van der Waals surface area contributed by atoms with E-state index in [9.17, 15) is 21.6 Å². The lowest BCUT2D eigenvalue weighted by Gasteiger charge is -2.18. The van der Waals surface area contributed by atoms with Crippen LogP contribution in [0.2, 0.25) is 0 Å². The minimum absolute atomic E-state index is 0.00382. The Morgan fingerprint density at radius 1 is 1.32 bits per heavy atom. The molecule has 0 bridgehead atoms. The molecule has 0 aliphatic carbocycles. The predicted molar refractivity (Wildman–Crippen MR) is 93.5 cm³/mol. The molecular weight excluding hydrogens is 368 g/mol. The van der Waals surface area contributed by atoms with Crippen LogP contribution >= 0.6 is 0 Å². The Kier molecular flexibility index (Phi) is 5.75. The van der Waals surface area contributed by atoms with E-state index < -0.39 is 26.0 Å². The second-order valence-electron chi connectivity index (χ2n) is 6.03. The maximum Gasteiger partial charge on any atom is 0.244 e. The van der Waals surface area contributed by atoms with E-state index in [1.165, 1.54) is 12.1 Å². The normalized spacial score (nSPS) is 17.3. The quantitative estimate of drug-likeness (QED) is 0.746. The minimum Gasteiger partial charge on any atom is -0.492 e. The number of sulfonamides is 2. The zero-order valence-electron chi connectivity index (χ0n) is 14.4. The van der Waals surface area contributed by atoms with Gasteiger partial charge in [-0.2, -0.15) is 0 Å². The van der Waals surface area contributed by atoms with Crippen LogP contribution in [-0.4, -0.2) is 41.6 Å². The first-order valence-corrected chi connectivity index (χ1v) is 11.0. The van der Waals surface area contributed by atoms with Crippen molar-refractivity contribution in [2.24, 2.45) is 5.92 Å². The molecule has 1 aliphatic rings. The van der Waals surface area contributed by atoms with E-state index in [0.29, 0.717) is 4.31 Å². The highest BCUT2D eigenvalue weighted by molar-refractivity contribution is 7.94. The van der Waals surface area contributed by atoms with Crippen LogP contribution in [0.1, 0.15) is 27.2 Å². The molecule has 25 heavy (non-hydrogen) atoms. The molecule has 2 rings (SSSR count). The highest BCUT2D eigenvalue weighted by Gasteiger charge is 2.37. The lowest BCUT2D eigenvalue weighted by molar-refractivity contribution is -0.116. The molecule has 1 saturated heterocycles. The standard InChI is InChI=1S/C15H22N2O6S2/c1-4-23-13-6-5-12(17-15(18)7-8-24(17,19)20)9-14(13)25(21,22)16-10-11(2)3/h5-6,9,11,16H,4,7-8,10H2,1-3H3. The molecule has 1 heterocycles. The second-order valence-corrected chi connectivity index (χ2v) is 9.71. The summed E-state index contributed by atoms with van der Waals surface area (Å²) in [5.41, 5.74) is -0.00382. The number of carbonyl (C=O) groups is 1. The third-order valence-electron chi connectivity index (χ3n) is 3.51. The van der Waals surface area contributed by atoms with Gasteiger partial charge >= 0.3 is 0 Å². The van der Waals surface area contributed by atoms with E-state index in [2.05, 4.69) is 4.72 Å². The van der Waals surface area contributed by atoms with Crippen LogP contribution in [0, 0.1) is 5.92 Å². The molecule has 0 radical (unpaired) electrons. The van der Waals surface area contributed by atoms with Crippen molar-refractivity contribution in [1.82, 2.24) is 4.72 Å². The highest BCUT2D eigenvalue weighted by Crippen LogP contribution is 2.32. The van der Waals surface area contributed by atoms with E-state index in [4.69, 9.17) is 4.74 Å². The second kappa shape index (κ2) is 7.30. The fourth-order valence-corrected chi connectivity index (χ4v) is 5.16. The largest absolute Gasteiger partial charge is 0.492 e. The van der Waals surface area contributed by atoms with Gasteiger partial charge in [0.1, 0.15) is 10.6 Å². The molecule has 0 unspecified atom stereocenters. The van der Waals surface area contributed by atoms with Crippen molar-refractivity contribution in [2.45, 2.75) is 32.1 Å². The SMILES string of the molecule is CCOc1ccc(N2C(=O)CCS2(=O)=O)cc1S(=O)(=O)NCC(C)C. The topological polar surface area (TPSA) is 110 Å². The summed E-state index contributed by atoms with van der Waals surface area (Å²) in [5.74, 6) is -0.671. The van der Waals surface area contributed by atoms with Gasteiger partial charge in [-0.3, -0.25) is 4.79 Å². The Labute approximate surface area is 148 Å². The van der Waals surface area contributed by atoms with Crippen LogP contribution in [0.15, 0.2) is 23.1 Å². The van der Waals surface area contributed by atoms with Gasteiger partial charge in [-0.05, 0) is 31.0 Å². The minimum atomic E-state index is -3.92. The molecule has 0 spiro atoms. The molecule has 0 saturated carbocycles. The van der Waals surface area contributed by atoms with Crippen molar-refractivity contribution in [3.05, 3.63) is 18.2 Å². The summed E-state index contributed by atoms with van der Waals surface area (Å²) in [6.07, 6.45) is -0.122. The molecule has 1 fully saturated rings. The van der Waals surface area contributed by atoms with Crippen molar-refractivity contribution >= 4 is 31.6 Å². The molecule has 8 nitrogen and oxygen atoms in total. The van der Waals surface area contributed by atoms with Gasteiger partial charge in [0.2, 0.25) is 26.0 Å². The summed E-state index contributed by atoms with van der Waals surface area (Å²) in [6, 6.07) is 3.89. The first-order valence-electron chi connectivity index (χ1n) is 7.91. The van der Waals surface area contributed by atoms with Crippen molar-refractivity contribution in [3.8, 4) is 5.75 Å². The maximum absolute atomic E-state index is 12.6. The van der Waals surface area contributed by atoms with Gasteiger partial charge in [0.05, 0.1) is 18.0 Å². The fourth-order valence-electron chi connectivity index (χ4n) is 2.33. The number of hydrogen-bond donors (Lipinski definition) is 1. The number of nitrogens with zero attached hydrogens (tertiary/aromatic N) is 1. The molecule has 1 amide bonds. The molecule has 0 atom stereocenters. The van der Waals surface area contributed by atoms with Crippen molar-refractivity contribution in [3.63, 3.8) is 0 Å². The number of benzene rings is 1. The summed E-state index contributed by atoms with van der Waals surface area (Å²) in [6.45, 7) is 5.89. The molecule has 1 aliphatic heterocycles. The predicted octanol–water partition coefficient (Wildman–Crippen LogP) is 1.09. The number of ether oxygens (including phenoxy) is 1. The number of nitrogens with one attached hydrogen (secondary N) is 1. The van der Waals surface area contributed by atoms with Gasteiger partial charge in [-0.25, -0.2) is 25.9 Å². The Bertz CT molecular complexity index is 862. The molecular formula is C15H22N2O6S2. The van der Waals surface area contributed by atoms with E-state index in [0.717, 1.165) is 6.07 Å². The smallest absolute Gasteiger partial charge is 0.244 e. The molecule has 1 N–H and O–H groups in total. The summed E-state index contributed by atoms with van der Waals surface area (Å²) < 4.78 is 57.8. The van der Waals surface area contributed by atoms with Crippen LogP contribution in [0.5, 0.6) is 5.75 Å². The van der Waals surface area contributed by atoms with Crippen molar-refractivity contribution in [2.75, 3.05) is 23.2 Å². The van der Waals surface area contributed by atoms with Gasteiger partial charge in [-0.15, -0.1) is 0 Å². The molecule has 0 aromatic heterocycles. The average Bonchev–Trinajstić information content (AvgIpc) is 2.79. The van der Waals surface area contributed by atoms with Gasteiger partial charge in [0.15, 0.2) is 0 Å². The van der Waals surface area contributed by atoms with E-state index in [1.54, 1.807) is 6.92 Å². The van der Waals surface area contributed by atoms with E-state index in [1.807, 2.05) is 13.8 Å². The number of anilines is 1. The summed E-state index contributed by atoms with van der Waals surface area (Å²) in [5, 5.41) is 0. The summed E-state index contributed by atoms with van der Waals surface area (Å²) in [7, 11) is -7.70. The third-order valence-corrected chi connectivity index (χ3v) is 6.65. The molecule has 10 heteroatoms. The number of hydrogen-bond acceptors (Lipinski definition) is 6. The van der Waals surface area contributed by atoms with Crippen LogP contribution in [-0.2, 0) is 24.8 Å². The first-order chi connectivity index (χ1) is 11.6. The summed E-state index contributed by atoms with van der Waals surface area (Å²) >= 11 is 0. The van der Waals surface area contributed by atoms with Crippen LogP contribution in [0.4, 0.5) is 5.69 Å². The van der Waals surface area contributed by atoms with Gasteiger partial charge in [0.25, 0.3) is 0 Å². The Morgan fingerprint density at radius 2 is 2.00 bits per heavy atom. The number of carbonyl (C=O) groups excluding carboxylic acids is 1. The number of rotatable bonds is 7. The first kappa shape index (κ1) is 19.7. The third kappa shape index (κ3) is 4.31. The average molecular weight is 390 g/mol. The number of amides is 1. The fraction of sp³-hybridized carbons (Fsp3) is 0.533. The van der Waals surface area contributed by atoms with Crippen LogP contribution in [0.3, 0.4) is 0 Å². The Morgan fingerprint density at radius 3 is 2.52 bits per heavy atom. The lowest BCUT2D eigenvalue weighted by Crippen LogP contribution is -2.31.